The molecule has 6 heteroatoms. The van der Waals surface area contributed by atoms with Crippen LogP contribution in [-0.2, 0) is 4.74 Å². The molecule has 5 nitrogen and oxygen atoms in total. The van der Waals surface area contributed by atoms with E-state index in [2.05, 4.69) is 24.1 Å². The van der Waals surface area contributed by atoms with E-state index in [0.29, 0.717) is 12.5 Å². The van der Waals surface area contributed by atoms with Crippen molar-refractivity contribution in [1.29, 1.82) is 0 Å². The molecule has 2 heterocycles. The van der Waals surface area contributed by atoms with Crippen molar-refractivity contribution in [2.24, 2.45) is 5.92 Å². The monoisotopic (exact) mass is 325 g/mol. The number of carbonyl (C=O) groups excluding carboxylic acids is 1. The number of urea groups is 1. The first-order valence-corrected chi connectivity index (χ1v) is 8.92. The van der Waals surface area contributed by atoms with Gasteiger partial charge in [-0.3, -0.25) is 0 Å². The molecule has 1 saturated heterocycles. The fraction of sp³-hybridized carbons (Fsp3) is 0.750. The van der Waals surface area contributed by atoms with Gasteiger partial charge in [-0.05, 0) is 32.6 Å². The van der Waals surface area contributed by atoms with Gasteiger partial charge in [-0.25, -0.2) is 9.78 Å². The van der Waals surface area contributed by atoms with Crippen LogP contribution in [0.25, 0.3) is 0 Å². The minimum atomic E-state index is -0.0571. The summed E-state index contributed by atoms with van der Waals surface area (Å²) in [7, 11) is 0. The zero-order valence-electron chi connectivity index (χ0n) is 14.0. The number of ether oxygens (including phenoxy) is 1. The zero-order valence-corrected chi connectivity index (χ0v) is 14.8. The minimum Gasteiger partial charge on any atom is -0.376 e. The molecule has 0 aromatic carbocycles. The van der Waals surface area contributed by atoms with Crippen molar-refractivity contribution in [3.8, 4) is 0 Å². The number of aryl methyl sites for hydroxylation is 1. The molecule has 0 radical (unpaired) electrons. The molecular weight excluding hydrogens is 298 g/mol. The average molecular weight is 325 g/mol. The Hall–Kier alpha value is -1.14. The SMILES string of the molecule is Cc1nc([C@H](C)NC(=O)N2CC[C@@H](OCCC(C)C)C2)cs1. The lowest BCUT2D eigenvalue weighted by Crippen LogP contribution is -2.40. The van der Waals surface area contributed by atoms with Gasteiger partial charge in [0, 0.05) is 25.1 Å². The van der Waals surface area contributed by atoms with Crippen molar-refractivity contribution in [3.05, 3.63) is 16.1 Å². The molecule has 1 aliphatic rings. The largest absolute Gasteiger partial charge is 0.376 e. The molecule has 1 fully saturated rings. The molecule has 1 aromatic rings. The number of hydrogen-bond donors (Lipinski definition) is 1. The van der Waals surface area contributed by atoms with Crippen molar-refractivity contribution >= 4 is 17.4 Å². The Morgan fingerprint density at radius 3 is 2.95 bits per heavy atom. The Morgan fingerprint density at radius 1 is 1.55 bits per heavy atom. The van der Waals surface area contributed by atoms with Gasteiger partial charge in [0.05, 0.1) is 22.8 Å². The van der Waals surface area contributed by atoms with Crippen LogP contribution in [0.2, 0.25) is 0 Å². The summed E-state index contributed by atoms with van der Waals surface area (Å²) in [6.45, 7) is 10.6. The van der Waals surface area contributed by atoms with E-state index in [1.807, 2.05) is 24.1 Å². The molecular formula is C16H27N3O2S. The Balaban J connectivity index is 1.74. The van der Waals surface area contributed by atoms with E-state index in [9.17, 15) is 4.79 Å². The van der Waals surface area contributed by atoms with Gasteiger partial charge in [-0.2, -0.15) is 0 Å². The molecule has 0 spiro atoms. The number of nitrogens with one attached hydrogen (secondary N) is 1. The average Bonchev–Trinajstić information content (AvgIpc) is 3.07. The Kier molecular flexibility index (Phi) is 6.20. The maximum Gasteiger partial charge on any atom is 0.318 e. The molecule has 1 aromatic heterocycles. The van der Waals surface area contributed by atoms with E-state index in [1.165, 1.54) is 0 Å². The molecule has 22 heavy (non-hydrogen) atoms. The van der Waals surface area contributed by atoms with E-state index in [4.69, 9.17) is 4.74 Å². The zero-order chi connectivity index (χ0) is 16.1. The number of amides is 2. The van der Waals surface area contributed by atoms with Crippen LogP contribution in [0, 0.1) is 12.8 Å². The number of thiazole rings is 1. The van der Waals surface area contributed by atoms with Crippen LogP contribution in [0.1, 0.15) is 50.4 Å². The quantitative estimate of drug-likeness (QED) is 0.872. The molecule has 2 amide bonds. The van der Waals surface area contributed by atoms with Crippen molar-refractivity contribution < 1.29 is 9.53 Å². The summed E-state index contributed by atoms with van der Waals surface area (Å²) in [6.07, 6.45) is 2.18. The molecule has 0 saturated carbocycles. The normalized spacial score (nSPS) is 19.7. The number of carbonyl (C=O) groups is 1. The van der Waals surface area contributed by atoms with Crippen LogP contribution >= 0.6 is 11.3 Å². The van der Waals surface area contributed by atoms with E-state index >= 15 is 0 Å². The van der Waals surface area contributed by atoms with Gasteiger partial charge in [0.2, 0.25) is 0 Å². The standard InChI is InChI=1S/C16H27N3O2S/c1-11(2)6-8-21-14-5-7-19(9-14)16(20)17-12(3)15-10-22-13(4)18-15/h10-12,14H,5-9H2,1-4H3,(H,17,20)/t12-,14+/m0/s1. The first kappa shape index (κ1) is 17.2. The van der Waals surface area contributed by atoms with Crippen molar-refractivity contribution in [2.45, 2.75) is 52.7 Å². The minimum absolute atomic E-state index is 0.0203. The lowest BCUT2D eigenvalue weighted by atomic mass is 10.1. The summed E-state index contributed by atoms with van der Waals surface area (Å²) < 4.78 is 5.85. The van der Waals surface area contributed by atoms with Gasteiger partial charge >= 0.3 is 6.03 Å². The fourth-order valence-electron chi connectivity index (χ4n) is 2.45. The van der Waals surface area contributed by atoms with Gasteiger partial charge in [-0.15, -0.1) is 11.3 Å². The van der Waals surface area contributed by atoms with Crippen LogP contribution < -0.4 is 5.32 Å². The predicted octanol–water partition coefficient (Wildman–Crippen LogP) is 3.36. The smallest absolute Gasteiger partial charge is 0.318 e. The van der Waals surface area contributed by atoms with Crippen LogP contribution in [0.5, 0.6) is 0 Å². The van der Waals surface area contributed by atoms with Crippen molar-refractivity contribution in [3.63, 3.8) is 0 Å². The molecule has 1 aliphatic heterocycles. The van der Waals surface area contributed by atoms with Gasteiger partial charge in [0.1, 0.15) is 0 Å². The maximum atomic E-state index is 12.3. The number of hydrogen-bond acceptors (Lipinski definition) is 4. The third-order valence-electron chi connectivity index (χ3n) is 3.90. The van der Waals surface area contributed by atoms with Gasteiger partial charge < -0.3 is 15.0 Å². The second kappa shape index (κ2) is 7.92. The molecule has 124 valence electrons. The van der Waals surface area contributed by atoms with Crippen LogP contribution in [0.15, 0.2) is 5.38 Å². The van der Waals surface area contributed by atoms with Gasteiger partial charge in [-0.1, -0.05) is 13.8 Å². The molecule has 0 unspecified atom stereocenters. The number of aromatic nitrogens is 1. The van der Waals surface area contributed by atoms with Crippen molar-refractivity contribution in [2.75, 3.05) is 19.7 Å². The van der Waals surface area contributed by atoms with E-state index in [0.717, 1.165) is 36.7 Å². The first-order chi connectivity index (χ1) is 10.5. The summed E-state index contributed by atoms with van der Waals surface area (Å²) in [6, 6.07) is -0.0773. The first-order valence-electron chi connectivity index (χ1n) is 8.04. The number of likely N-dealkylation sites (tertiary alicyclic amines) is 1. The van der Waals surface area contributed by atoms with Gasteiger partial charge in [0.15, 0.2) is 0 Å². The highest BCUT2D eigenvalue weighted by atomic mass is 32.1. The summed E-state index contributed by atoms with van der Waals surface area (Å²) in [4.78, 5) is 18.6. The fourth-order valence-corrected chi connectivity index (χ4v) is 3.15. The summed E-state index contributed by atoms with van der Waals surface area (Å²) in [5.41, 5.74) is 0.930. The van der Waals surface area contributed by atoms with Crippen molar-refractivity contribution in [1.82, 2.24) is 15.2 Å². The van der Waals surface area contributed by atoms with E-state index < -0.39 is 0 Å². The Morgan fingerprint density at radius 2 is 2.32 bits per heavy atom. The molecule has 2 rings (SSSR count). The highest BCUT2D eigenvalue weighted by Gasteiger charge is 2.27. The number of rotatable bonds is 6. The second-order valence-electron chi connectivity index (χ2n) is 6.37. The molecule has 0 aliphatic carbocycles. The third-order valence-corrected chi connectivity index (χ3v) is 4.69. The van der Waals surface area contributed by atoms with Crippen LogP contribution in [-0.4, -0.2) is 41.7 Å². The lowest BCUT2D eigenvalue weighted by molar-refractivity contribution is 0.0542. The third kappa shape index (κ3) is 4.95. The molecule has 1 N–H and O–H groups in total. The predicted molar refractivity (Wildman–Crippen MR) is 89.2 cm³/mol. The molecule has 2 atom stereocenters. The number of nitrogens with zero attached hydrogens (tertiary/aromatic N) is 2. The lowest BCUT2D eigenvalue weighted by Gasteiger charge is -2.20. The summed E-state index contributed by atoms with van der Waals surface area (Å²) in [5, 5.41) is 6.05. The van der Waals surface area contributed by atoms with Crippen LogP contribution in [0.4, 0.5) is 4.79 Å². The maximum absolute atomic E-state index is 12.3. The Bertz CT molecular complexity index is 489. The molecule has 0 bridgehead atoms. The van der Waals surface area contributed by atoms with E-state index in [1.54, 1.807) is 11.3 Å². The summed E-state index contributed by atoms with van der Waals surface area (Å²) in [5.74, 6) is 0.656. The van der Waals surface area contributed by atoms with E-state index in [-0.39, 0.29) is 18.2 Å². The van der Waals surface area contributed by atoms with Crippen LogP contribution in [0.3, 0.4) is 0 Å². The highest BCUT2D eigenvalue weighted by Crippen LogP contribution is 2.18. The topological polar surface area (TPSA) is 54.5 Å². The second-order valence-corrected chi connectivity index (χ2v) is 7.43. The highest BCUT2D eigenvalue weighted by molar-refractivity contribution is 7.09. The Labute approximate surface area is 137 Å². The van der Waals surface area contributed by atoms with Gasteiger partial charge in [0.25, 0.3) is 0 Å². The summed E-state index contributed by atoms with van der Waals surface area (Å²) >= 11 is 1.61.